The van der Waals surface area contributed by atoms with Gasteiger partial charge in [0.2, 0.25) is 0 Å². The summed E-state index contributed by atoms with van der Waals surface area (Å²) in [5.41, 5.74) is 1.32. The van der Waals surface area contributed by atoms with Gasteiger partial charge in [0.15, 0.2) is 0 Å². The van der Waals surface area contributed by atoms with E-state index < -0.39 is 0 Å². The Kier molecular flexibility index (Phi) is 4.21. The van der Waals surface area contributed by atoms with Crippen LogP contribution in [0.1, 0.15) is 62.0 Å². The number of thiazole rings is 1. The highest BCUT2D eigenvalue weighted by atomic mass is 32.1. The molecule has 0 bridgehead atoms. The first kappa shape index (κ1) is 13.0. The monoisotopic (exact) mass is 252 g/mol. The highest BCUT2D eigenvalue weighted by Crippen LogP contribution is 2.28. The van der Waals surface area contributed by atoms with Crippen LogP contribution in [0.15, 0.2) is 0 Å². The van der Waals surface area contributed by atoms with Crippen LogP contribution in [-0.2, 0) is 13.0 Å². The van der Waals surface area contributed by atoms with E-state index in [0.717, 1.165) is 19.0 Å². The zero-order chi connectivity index (χ0) is 12.4. The molecule has 1 fully saturated rings. The number of nitrogens with one attached hydrogen (secondary N) is 1. The summed E-state index contributed by atoms with van der Waals surface area (Å²) in [6.45, 7) is 10.0. The Balaban J connectivity index is 2.06. The van der Waals surface area contributed by atoms with E-state index in [2.05, 4.69) is 33.0 Å². The van der Waals surface area contributed by atoms with Gasteiger partial charge < -0.3 is 5.32 Å². The number of nitrogens with zero attached hydrogens (tertiary/aromatic N) is 1. The van der Waals surface area contributed by atoms with Crippen molar-refractivity contribution in [2.24, 2.45) is 5.92 Å². The van der Waals surface area contributed by atoms with E-state index in [1.165, 1.54) is 28.4 Å². The van der Waals surface area contributed by atoms with Gasteiger partial charge in [0.25, 0.3) is 0 Å². The maximum Gasteiger partial charge on any atom is 0.0934 e. The zero-order valence-electron chi connectivity index (χ0n) is 11.4. The van der Waals surface area contributed by atoms with Gasteiger partial charge in [0.05, 0.1) is 10.7 Å². The first-order valence-corrected chi connectivity index (χ1v) is 7.59. The lowest BCUT2D eigenvalue weighted by Gasteiger charge is -2.05. The highest BCUT2D eigenvalue weighted by Gasteiger charge is 2.22. The van der Waals surface area contributed by atoms with Crippen molar-refractivity contribution in [1.82, 2.24) is 10.3 Å². The maximum absolute atomic E-state index is 4.83. The van der Waals surface area contributed by atoms with Crippen molar-refractivity contribution in [1.29, 1.82) is 0 Å². The molecule has 1 saturated carbocycles. The van der Waals surface area contributed by atoms with Gasteiger partial charge in [-0.15, -0.1) is 11.3 Å². The van der Waals surface area contributed by atoms with E-state index >= 15 is 0 Å². The Morgan fingerprint density at radius 2 is 2.00 bits per heavy atom. The fourth-order valence-corrected chi connectivity index (χ4v) is 3.34. The number of hydrogen-bond acceptors (Lipinski definition) is 3. The lowest BCUT2D eigenvalue weighted by atomic mass is 10.1. The molecule has 96 valence electrons. The van der Waals surface area contributed by atoms with Crippen LogP contribution in [0.25, 0.3) is 0 Å². The Bertz CT molecular complexity index is 364. The molecule has 3 heteroatoms. The third-order valence-corrected chi connectivity index (χ3v) is 4.12. The van der Waals surface area contributed by atoms with Crippen molar-refractivity contribution < 1.29 is 0 Å². The smallest absolute Gasteiger partial charge is 0.0934 e. The molecule has 1 aliphatic carbocycles. The molecule has 17 heavy (non-hydrogen) atoms. The molecular weight excluding hydrogens is 228 g/mol. The second-order valence-corrected chi connectivity index (χ2v) is 6.99. The van der Waals surface area contributed by atoms with Gasteiger partial charge in [-0.25, -0.2) is 4.98 Å². The molecule has 1 aromatic heterocycles. The topological polar surface area (TPSA) is 24.9 Å². The fraction of sp³-hybridized carbons (Fsp3) is 0.786. The van der Waals surface area contributed by atoms with Gasteiger partial charge in [-0.05, 0) is 24.7 Å². The van der Waals surface area contributed by atoms with Crippen molar-refractivity contribution in [3.8, 4) is 0 Å². The summed E-state index contributed by atoms with van der Waals surface area (Å²) in [6.07, 6.45) is 3.83. The third-order valence-electron chi connectivity index (χ3n) is 3.03. The number of rotatable bonds is 6. The minimum atomic E-state index is 0.545. The summed E-state index contributed by atoms with van der Waals surface area (Å²) in [5, 5.41) is 4.92. The average Bonchev–Trinajstić information content (AvgIpc) is 2.96. The minimum absolute atomic E-state index is 0.545. The SMILES string of the molecule is CC(C)Cc1nc(C(C)C)c(CNC2CC2)s1. The maximum atomic E-state index is 4.83. The predicted molar refractivity (Wildman–Crippen MR) is 74.6 cm³/mol. The molecule has 0 spiro atoms. The second-order valence-electron chi connectivity index (χ2n) is 5.82. The quantitative estimate of drug-likeness (QED) is 0.834. The Morgan fingerprint density at radius 1 is 1.29 bits per heavy atom. The molecule has 1 heterocycles. The van der Waals surface area contributed by atoms with Crippen LogP contribution < -0.4 is 5.32 Å². The van der Waals surface area contributed by atoms with E-state index in [9.17, 15) is 0 Å². The first-order chi connectivity index (χ1) is 8.06. The van der Waals surface area contributed by atoms with E-state index in [1.54, 1.807) is 0 Å². The lowest BCUT2D eigenvalue weighted by molar-refractivity contribution is 0.640. The number of aromatic nitrogens is 1. The van der Waals surface area contributed by atoms with Crippen LogP contribution in [-0.4, -0.2) is 11.0 Å². The van der Waals surface area contributed by atoms with Crippen LogP contribution in [0.5, 0.6) is 0 Å². The standard InChI is InChI=1S/C14H24N2S/c1-9(2)7-13-16-14(10(3)4)12(17-13)8-15-11-5-6-11/h9-11,15H,5-8H2,1-4H3. The average molecular weight is 252 g/mol. The van der Waals surface area contributed by atoms with Crippen molar-refractivity contribution in [3.63, 3.8) is 0 Å². The molecule has 2 nitrogen and oxygen atoms in total. The van der Waals surface area contributed by atoms with Gasteiger partial charge >= 0.3 is 0 Å². The molecule has 2 rings (SSSR count). The minimum Gasteiger partial charge on any atom is -0.309 e. The summed E-state index contributed by atoms with van der Waals surface area (Å²) in [6, 6.07) is 0.783. The van der Waals surface area contributed by atoms with Crippen LogP contribution >= 0.6 is 11.3 Å². The lowest BCUT2D eigenvalue weighted by Crippen LogP contribution is -2.15. The van der Waals surface area contributed by atoms with Crippen LogP contribution in [0.2, 0.25) is 0 Å². The molecule has 1 N–H and O–H groups in total. The molecule has 0 unspecified atom stereocenters. The summed E-state index contributed by atoms with van der Waals surface area (Å²) < 4.78 is 0. The largest absolute Gasteiger partial charge is 0.309 e. The molecule has 0 aromatic carbocycles. The van der Waals surface area contributed by atoms with Crippen molar-refractivity contribution in [3.05, 3.63) is 15.6 Å². The summed E-state index contributed by atoms with van der Waals surface area (Å²) >= 11 is 1.91. The van der Waals surface area contributed by atoms with Crippen molar-refractivity contribution in [2.45, 2.75) is 65.5 Å². The second kappa shape index (κ2) is 5.49. The van der Waals surface area contributed by atoms with Gasteiger partial charge in [0, 0.05) is 23.9 Å². The van der Waals surface area contributed by atoms with Gasteiger partial charge in [-0.3, -0.25) is 0 Å². The summed E-state index contributed by atoms with van der Waals surface area (Å²) in [7, 11) is 0. The van der Waals surface area contributed by atoms with Gasteiger partial charge in [-0.1, -0.05) is 27.7 Å². The van der Waals surface area contributed by atoms with E-state index in [1.807, 2.05) is 11.3 Å². The first-order valence-electron chi connectivity index (χ1n) is 6.78. The normalized spacial score (nSPS) is 16.1. The van der Waals surface area contributed by atoms with E-state index in [0.29, 0.717) is 11.8 Å². The van der Waals surface area contributed by atoms with Crippen LogP contribution in [0, 0.1) is 5.92 Å². The molecule has 1 aliphatic rings. The van der Waals surface area contributed by atoms with Gasteiger partial charge in [-0.2, -0.15) is 0 Å². The number of hydrogen-bond donors (Lipinski definition) is 1. The summed E-state index contributed by atoms with van der Waals surface area (Å²) in [5.74, 6) is 1.24. The van der Waals surface area contributed by atoms with Gasteiger partial charge in [0.1, 0.15) is 0 Å². The molecule has 0 atom stereocenters. The molecule has 0 aliphatic heterocycles. The fourth-order valence-electron chi connectivity index (χ4n) is 1.95. The zero-order valence-corrected chi connectivity index (χ0v) is 12.2. The summed E-state index contributed by atoms with van der Waals surface area (Å²) in [4.78, 5) is 6.29. The molecule has 0 radical (unpaired) electrons. The molecule has 0 amide bonds. The Labute approximate surface area is 109 Å². The third kappa shape index (κ3) is 3.78. The molecule has 0 saturated heterocycles. The Morgan fingerprint density at radius 3 is 2.53 bits per heavy atom. The van der Waals surface area contributed by atoms with Crippen molar-refractivity contribution in [2.75, 3.05) is 0 Å². The molecular formula is C14H24N2S. The molecule has 1 aromatic rings. The van der Waals surface area contributed by atoms with Crippen LogP contribution in [0.3, 0.4) is 0 Å². The van der Waals surface area contributed by atoms with Crippen molar-refractivity contribution >= 4 is 11.3 Å². The highest BCUT2D eigenvalue weighted by molar-refractivity contribution is 7.11. The van der Waals surface area contributed by atoms with Crippen LogP contribution in [0.4, 0.5) is 0 Å². The Hall–Kier alpha value is -0.410. The predicted octanol–water partition coefficient (Wildman–Crippen LogP) is 3.72. The van der Waals surface area contributed by atoms with E-state index in [-0.39, 0.29) is 0 Å². The van der Waals surface area contributed by atoms with E-state index in [4.69, 9.17) is 4.98 Å².